The van der Waals surface area contributed by atoms with Crippen molar-refractivity contribution in [2.24, 2.45) is 0 Å². The minimum atomic E-state index is -0.443. The van der Waals surface area contributed by atoms with E-state index in [4.69, 9.17) is 11.6 Å². The number of nitrogens with zero attached hydrogens (tertiary/aromatic N) is 3. The highest BCUT2D eigenvalue weighted by atomic mass is 35.5. The van der Waals surface area contributed by atoms with Gasteiger partial charge in [-0.15, -0.1) is 21.5 Å². The van der Waals surface area contributed by atoms with Gasteiger partial charge in [0.2, 0.25) is 5.91 Å². The van der Waals surface area contributed by atoms with Crippen molar-refractivity contribution in [3.8, 4) is 0 Å². The van der Waals surface area contributed by atoms with E-state index in [1.165, 1.54) is 34.8 Å². The van der Waals surface area contributed by atoms with Crippen LogP contribution in [0.25, 0.3) is 0 Å². The van der Waals surface area contributed by atoms with Crippen molar-refractivity contribution in [1.29, 1.82) is 0 Å². The SMILES string of the molecule is C[C@H](Sc1nnc(Cc2cccs2)n1C1CC1)C(=O)Nc1ccc(F)cc1Cl. The molecule has 28 heavy (non-hydrogen) atoms. The molecule has 3 aromatic rings. The topological polar surface area (TPSA) is 59.8 Å². The summed E-state index contributed by atoms with van der Waals surface area (Å²) in [6.07, 6.45) is 2.96. The zero-order valence-electron chi connectivity index (χ0n) is 15.1. The van der Waals surface area contributed by atoms with Gasteiger partial charge in [-0.2, -0.15) is 0 Å². The molecule has 1 N–H and O–H groups in total. The van der Waals surface area contributed by atoms with E-state index < -0.39 is 11.1 Å². The molecule has 2 heterocycles. The van der Waals surface area contributed by atoms with E-state index in [-0.39, 0.29) is 10.9 Å². The van der Waals surface area contributed by atoms with Gasteiger partial charge in [-0.05, 0) is 49.4 Å². The fraction of sp³-hybridized carbons (Fsp3) is 0.316. The fourth-order valence-corrected chi connectivity index (χ4v) is 4.67. The zero-order chi connectivity index (χ0) is 19.7. The number of hydrogen-bond acceptors (Lipinski definition) is 5. The summed E-state index contributed by atoms with van der Waals surface area (Å²) >= 11 is 9.07. The van der Waals surface area contributed by atoms with Crippen LogP contribution in [0.4, 0.5) is 10.1 Å². The molecule has 1 amide bonds. The Kier molecular flexibility index (Phi) is 5.70. The van der Waals surface area contributed by atoms with Crippen molar-refractivity contribution in [2.45, 2.75) is 42.6 Å². The van der Waals surface area contributed by atoms with Gasteiger partial charge in [0.25, 0.3) is 0 Å². The van der Waals surface area contributed by atoms with Crippen LogP contribution < -0.4 is 5.32 Å². The van der Waals surface area contributed by atoms with Crippen LogP contribution in [-0.2, 0) is 11.2 Å². The van der Waals surface area contributed by atoms with Gasteiger partial charge in [0.05, 0.1) is 16.0 Å². The molecule has 9 heteroatoms. The second-order valence-corrected chi connectivity index (χ2v) is 9.38. The summed E-state index contributed by atoms with van der Waals surface area (Å²) in [7, 11) is 0. The van der Waals surface area contributed by atoms with Crippen LogP contribution in [0, 0.1) is 5.82 Å². The summed E-state index contributed by atoms with van der Waals surface area (Å²) in [6, 6.07) is 8.43. The highest BCUT2D eigenvalue weighted by Crippen LogP contribution is 2.40. The minimum Gasteiger partial charge on any atom is -0.324 e. The molecule has 0 aliphatic heterocycles. The standard InChI is InChI=1S/C19H18ClFN4OS2/c1-11(18(26)22-16-7-4-12(21)9-15(16)20)28-19-24-23-17(25(19)13-5-6-13)10-14-3-2-8-27-14/h2-4,7-9,11,13H,5-6,10H2,1H3,(H,22,26)/t11-/m0/s1. The van der Waals surface area contributed by atoms with E-state index in [1.807, 2.05) is 13.0 Å². The quantitative estimate of drug-likeness (QED) is 0.518. The van der Waals surface area contributed by atoms with Crippen LogP contribution in [0.5, 0.6) is 0 Å². The molecule has 0 spiro atoms. The zero-order valence-corrected chi connectivity index (χ0v) is 17.5. The number of nitrogens with one attached hydrogen (secondary N) is 1. The first-order chi connectivity index (χ1) is 13.5. The normalized spacial score (nSPS) is 14.8. The second-order valence-electron chi connectivity index (χ2n) is 6.63. The molecule has 0 radical (unpaired) electrons. The Morgan fingerprint density at radius 1 is 1.43 bits per heavy atom. The third-order valence-electron chi connectivity index (χ3n) is 4.40. The van der Waals surface area contributed by atoms with Gasteiger partial charge in [0.15, 0.2) is 5.16 Å². The summed E-state index contributed by atoms with van der Waals surface area (Å²) in [5.41, 5.74) is 0.391. The van der Waals surface area contributed by atoms with Crippen LogP contribution in [0.1, 0.15) is 36.5 Å². The van der Waals surface area contributed by atoms with Gasteiger partial charge in [0, 0.05) is 17.3 Å². The average molecular weight is 437 g/mol. The number of benzene rings is 1. The van der Waals surface area contributed by atoms with E-state index in [0.29, 0.717) is 11.7 Å². The number of anilines is 1. The largest absolute Gasteiger partial charge is 0.324 e. The smallest absolute Gasteiger partial charge is 0.237 e. The third-order valence-corrected chi connectivity index (χ3v) is 6.65. The fourth-order valence-electron chi connectivity index (χ4n) is 2.81. The van der Waals surface area contributed by atoms with Crippen LogP contribution >= 0.6 is 34.7 Å². The van der Waals surface area contributed by atoms with Crippen LogP contribution in [-0.4, -0.2) is 25.9 Å². The summed E-state index contributed by atoms with van der Waals surface area (Å²) in [5.74, 6) is 0.270. The number of amides is 1. The van der Waals surface area contributed by atoms with Crippen molar-refractivity contribution >= 4 is 46.3 Å². The van der Waals surface area contributed by atoms with Crippen molar-refractivity contribution < 1.29 is 9.18 Å². The third kappa shape index (κ3) is 4.39. The van der Waals surface area contributed by atoms with E-state index >= 15 is 0 Å². The molecule has 1 saturated carbocycles. The van der Waals surface area contributed by atoms with Gasteiger partial charge < -0.3 is 9.88 Å². The predicted molar refractivity (Wildman–Crippen MR) is 111 cm³/mol. The molecule has 1 atom stereocenters. The molecule has 0 saturated heterocycles. The Hall–Kier alpha value is -1.90. The summed E-state index contributed by atoms with van der Waals surface area (Å²) in [4.78, 5) is 13.8. The minimum absolute atomic E-state index is 0.171. The molecule has 5 nitrogen and oxygen atoms in total. The second kappa shape index (κ2) is 8.23. The number of aromatic nitrogens is 3. The number of carbonyl (C=O) groups is 1. The Morgan fingerprint density at radius 3 is 2.93 bits per heavy atom. The highest BCUT2D eigenvalue weighted by Gasteiger charge is 2.31. The first-order valence-corrected chi connectivity index (χ1v) is 11.0. The molecule has 1 aliphatic rings. The Bertz CT molecular complexity index is 988. The van der Waals surface area contributed by atoms with Gasteiger partial charge >= 0.3 is 0 Å². The molecule has 1 aliphatic carbocycles. The van der Waals surface area contributed by atoms with Gasteiger partial charge in [-0.25, -0.2) is 4.39 Å². The maximum absolute atomic E-state index is 13.2. The highest BCUT2D eigenvalue weighted by molar-refractivity contribution is 8.00. The molecule has 0 bridgehead atoms. The van der Waals surface area contributed by atoms with Crippen LogP contribution in [0.15, 0.2) is 40.9 Å². The number of rotatable bonds is 7. The lowest BCUT2D eigenvalue weighted by atomic mass is 10.3. The lowest BCUT2D eigenvalue weighted by Crippen LogP contribution is -2.23. The summed E-state index contributed by atoms with van der Waals surface area (Å²) in [6.45, 7) is 1.81. The van der Waals surface area contributed by atoms with E-state index in [2.05, 4.69) is 31.5 Å². The molecule has 0 unspecified atom stereocenters. The number of thioether (sulfide) groups is 1. The Morgan fingerprint density at radius 2 is 2.25 bits per heavy atom. The maximum atomic E-state index is 13.2. The lowest BCUT2D eigenvalue weighted by Gasteiger charge is -2.14. The van der Waals surface area contributed by atoms with Crippen molar-refractivity contribution in [1.82, 2.24) is 14.8 Å². The molecular weight excluding hydrogens is 419 g/mol. The van der Waals surface area contributed by atoms with Gasteiger partial charge in [-0.3, -0.25) is 4.79 Å². The van der Waals surface area contributed by atoms with Crippen LogP contribution in [0.3, 0.4) is 0 Å². The number of halogens is 2. The average Bonchev–Trinajstić information content (AvgIpc) is 3.22. The van der Waals surface area contributed by atoms with E-state index in [9.17, 15) is 9.18 Å². The van der Waals surface area contributed by atoms with E-state index in [0.717, 1.165) is 30.2 Å². The van der Waals surface area contributed by atoms with E-state index in [1.54, 1.807) is 11.3 Å². The van der Waals surface area contributed by atoms with Gasteiger partial charge in [0.1, 0.15) is 11.6 Å². The monoisotopic (exact) mass is 436 g/mol. The molecule has 1 aromatic carbocycles. The van der Waals surface area contributed by atoms with Crippen molar-refractivity contribution in [3.05, 3.63) is 57.3 Å². The first-order valence-electron chi connectivity index (χ1n) is 8.90. The predicted octanol–water partition coefficient (Wildman–Crippen LogP) is 5.18. The number of thiophene rings is 1. The summed E-state index contributed by atoms with van der Waals surface area (Å²) < 4.78 is 15.3. The van der Waals surface area contributed by atoms with Crippen LogP contribution in [0.2, 0.25) is 5.02 Å². The van der Waals surface area contributed by atoms with Crippen molar-refractivity contribution in [3.63, 3.8) is 0 Å². The number of carbonyl (C=O) groups excluding carboxylic acids is 1. The lowest BCUT2D eigenvalue weighted by molar-refractivity contribution is -0.115. The first kappa shape index (κ1) is 19.4. The number of hydrogen-bond donors (Lipinski definition) is 1. The molecule has 146 valence electrons. The van der Waals surface area contributed by atoms with Gasteiger partial charge in [-0.1, -0.05) is 29.4 Å². The van der Waals surface area contributed by atoms with Crippen molar-refractivity contribution in [2.75, 3.05) is 5.32 Å². The summed E-state index contributed by atoms with van der Waals surface area (Å²) in [5, 5.41) is 14.0. The molecule has 1 fully saturated rings. The molecule has 2 aromatic heterocycles. The Balaban J connectivity index is 1.47. The Labute approximate surface area is 175 Å². The molecule has 4 rings (SSSR count). The molecular formula is C19H18ClFN4OS2. The maximum Gasteiger partial charge on any atom is 0.237 e.